The number of hydrogen-bond acceptors (Lipinski definition) is 6. The number of rotatable bonds is 11. The van der Waals surface area contributed by atoms with Gasteiger partial charge in [0, 0.05) is 35.4 Å². The monoisotopic (exact) mass is 532 g/mol. The minimum absolute atomic E-state index is 0.0696. The Balaban J connectivity index is 1.68. The van der Waals surface area contributed by atoms with Gasteiger partial charge in [-0.25, -0.2) is 4.67 Å². The molecule has 38 heavy (non-hydrogen) atoms. The van der Waals surface area contributed by atoms with E-state index in [1.807, 2.05) is 12.1 Å². The molecule has 2 heterocycles. The van der Waals surface area contributed by atoms with Gasteiger partial charge in [-0.1, -0.05) is 31.2 Å². The molecule has 0 aliphatic carbocycles. The van der Waals surface area contributed by atoms with Gasteiger partial charge in [0.1, 0.15) is 6.23 Å². The van der Waals surface area contributed by atoms with E-state index in [2.05, 4.69) is 92.4 Å². The molecule has 1 aliphatic rings. The standard InChI is InChI=1S/C30H37N4O3P/c1-6-28-29(37-38(35-18-10-17-32)34(21(2)3)22(4)5)20-30(36-28)33-26-13-8-7-12-24(26)25-19-23(11-9-16-31)14-15-27(25)33/h7-9,11-15,19,21-22,28-30H,6,10,18,20H2,1-5H3/b11-9+/t28-,29?,30-,38?/m1/s1. The topological polar surface area (TPSA) is 83.4 Å². The summed E-state index contributed by atoms with van der Waals surface area (Å²) in [6.45, 7) is 11.1. The molecule has 0 bridgehead atoms. The van der Waals surface area contributed by atoms with E-state index in [0.29, 0.717) is 19.4 Å². The summed E-state index contributed by atoms with van der Waals surface area (Å²) in [4.78, 5) is 0. The first kappa shape index (κ1) is 28.2. The molecule has 200 valence electrons. The molecular formula is C30H37N4O3P. The van der Waals surface area contributed by atoms with Crippen molar-refractivity contribution in [2.24, 2.45) is 0 Å². The number of benzene rings is 2. The van der Waals surface area contributed by atoms with Crippen LogP contribution in [0.2, 0.25) is 0 Å². The number of hydrogen-bond donors (Lipinski definition) is 0. The second kappa shape index (κ2) is 12.9. The Morgan fingerprint density at radius 1 is 1.11 bits per heavy atom. The van der Waals surface area contributed by atoms with Crippen LogP contribution in [0.15, 0.2) is 48.5 Å². The number of fused-ring (bicyclic) bond motifs is 3. The Morgan fingerprint density at radius 2 is 1.84 bits per heavy atom. The SMILES string of the molecule is CC[C@H]1O[C@@H](n2c3ccccc3c3cc(/C=C/C#N)ccc32)CC1OP(OCCC#N)N(C(C)C)C(C)C. The van der Waals surface area contributed by atoms with Crippen LogP contribution in [0.4, 0.5) is 0 Å². The summed E-state index contributed by atoms with van der Waals surface area (Å²) in [7, 11) is -1.35. The van der Waals surface area contributed by atoms with Crippen molar-refractivity contribution < 1.29 is 13.8 Å². The Labute approximate surface area is 227 Å². The third kappa shape index (κ3) is 5.94. The minimum Gasteiger partial charge on any atom is -0.352 e. The highest BCUT2D eigenvalue weighted by atomic mass is 31.2. The van der Waals surface area contributed by atoms with Gasteiger partial charge in [-0.2, -0.15) is 10.5 Å². The van der Waals surface area contributed by atoms with E-state index >= 15 is 0 Å². The van der Waals surface area contributed by atoms with E-state index in [1.54, 1.807) is 0 Å². The quantitative estimate of drug-likeness (QED) is 0.143. The van der Waals surface area contributed by atoms with Crippen molar-refractivity contribution in [3.05, 3.63) is 54.1 Å². The Kier molecular flexibility index (Phi) is 9.55. The fraction of sp³-hybridized carbons (Fsp3) is 0.467. The van der Waals surface area contributed by atoms with Gasteiger partial charge in [-0.15, -0.1) is 0 Å². The number of nitrogens with zero attached hydrogens (tertiary/aromatic N) is 4. The minimum atomic E-state index is -1.35. The second-order valence-corrected chi connectivity index (χ2v) is 11.5. The summed E-state index contributed by atoms with van der Waals surface area (Å²) in [6, 6.07) is 19.4. The van der Waals surface area contributed by atoms with Crippen LogP contribution in [-0.2, 0) is 13.8 Å². The molecule has 1 saturated heterocycles. The second-order valence-electron chi connectivity index (χ2n) is 10.1. The average Bonchev–Trinajstić information content (AvgIpc) is 3.45. The van der Waals surface area contributed by atoms with E-state index in [-0.39, 0.29) is 30.5 Å². The lowest BCUT2D eigenvalue weighted by Gasteiger charge is -2.37. The summed E-state index contributed by atoms with van der Waals surface area (Å²) < 4.78 is 24.2. The summed E-state index contributed by atoms with van der Waals surface area (Å²) >= 11 is 0. The molecule has 0 saturated carbocycles. The van der Waals surface area contributed by atoms with Crippen molar-refractivity contribution in [1.82, 2.24) is 9.24 Å². The van der Waals surface area contributed by atoms with E-state index < -0.39 is 8.53 Å². The zero-order valence-electron chi connectivity index (χ0n) is 22.9. The van der Waals surface area contributed by atoms with Crippen molar-refractivity contribution in [3.63, 3.8) is 0 Å². The molecule has 2 aromatic carbocycles. The third-order valence-electron chi connectivity index (χ3n) is 6.84. The molecule has 0 spiro atoms. The molecule has 2 unspecified atom stereocenters. The van der Waals surface area contributed by atoms with Gasteiger partial charge < -0.3 is 18.4 Å². The molecule has 4 atom stereocenters. The highest BCUT2D eigenvalue weighted by Crippen LogP contribution is 2.51. The Morgan fingerprint density at radius 3 is 2.53 bits per heavy atom. The molecule has 1 fully saturated rings. The fourth-order valence-corrected chi connectivity index (χ4v) is 7.07. The Hall–Kier alpha value is -2.77. The zero-order chi connectivity index (χ0) is 27.2. The van der Waals surface area contributed by atoms with E-state index in [9.17, 15) is 0 Å². The van der Waals surface area contributed by atoms with Gasteiger partial charge in [0.15, 0.2) is 0 Å². The van der Waals surface area contributed by atoms with Gasteiger partial charge in [-0.05, 0) is 64.0 Å². The molecule has 4 rings (SSSR count). The number of ether oxygens (including phenoxy) is 1. The van der Waals surface area contributed by atoms with Crippen LogP contribution in [0.3, 0.4) is 0 Å². The van der Waals surface area contributed by atoms with Crippen LogP contribution >= 0.6 is 8.53 Å². The first-order valence-corrected chi connectivity index (χ1v) is 14.5. The fourth-order valence-electron chi connectivity index (χ4n) is 5.31. The Bertz CT molecular complexity index is 1350. The predicted octanol–water partition coefficient (Wildman–Crippen LogP) is 7.69. The first-order valence-electron chi connectivity index (χ1n) is 13.4. The van der Waals surface area contributed by atoms with Crippen LogP contribution in [0.1, 0.15) is 65.7 Å². The lowest BCUT2D eigenvalue weighted by molar-refractivity contribution is -0.0145. The highest BCUT2D eigenvalue weighted by molar-refractivity contribution is 7.44. The number of para-hydroxylation sites is 1. The normalized spacial score (nSPS) is 20.7. The molecule has 7 nitrogen and oxygen atoms in total. The van der Waals surface area contributed by atoms with Crippen molar-refractivity contribution in [2.75, 3.05) is 6.61 Å². The van der Waals surface area contributed by atoms with Crippen LogP contribution < -0.4 is 0 Å². The number of aromatic nitrogens is 1. The highest BCUT2D eigenvalue weighted by Gasteiger charge is 2.41. The first-order chi connectivity index (χ1) is 18.4. The van der Waals surface area contributed by atoms with Crippen molar-refractivity contribution in [1.29, 1.82) is 10.5 Å². The summed E-state index contributed by atoms with van der Waals surface area (Å²) in [5.74, 6) is 0. The van der Waals surface area contributed by atoms with Crippen LogP contribution in [0.25, 0.3) is 27.9 Å². The smallest absolute Gasteiger partial charge is 0.259 e. The molecule has 0 amide bonds. The maximum absolute atomic E-state index is 9.06. The van der Waals surface area contributed by atoms with Crippen LogP contribution in [0.5, 0.6) is 0 Å². The zero-order valence-corrected chi connectivity index (χ0v) is 23.8. The largest absolute Gasteiger partial charge is 0.352 e. The van der Waals surface area contributed by atoms with Gasteiger partial charge >= 0.3 is 0 Å². The predicted molar refractivity (Wildman–Crippen MR) is 153 cm³/mol. The van der Waals surface area contributed by atoms with Crippen molar-refractivity contribution in [3.8, 4) is 12.1 Å². The summed E-state index contributed by atoms with van der Waals surface area (Å²) in [6.07, 6.45) is 4.81. The van der Waals surface area contributed by atoms with Crippen molar-refractivity contribution >= 4 is 36.4 Å². The molecule has 8 heteroatoms. The maximum Gasteiger partial charge on any atom is 0.259 e. The number of nitriles is 2. The molecular weight excluding hydrogens is 495 g/mol. The average molecular weight is 533 g/mol. The van der Waals surface area contributed by atoms with E-state index in [1.165, 1.54) is 6.08 Å². The van der Waals surface area contributed by atoms with Crippen LogP contribution in [0, 0.1) is 22.7 Å². The molecule has 1 aromatic heterocycles. The summed E-state index contributed by atoms with van der Waals surface area (Å²) in [5.41, 5.74) is 3.20. The summed E-state index contributed by atoms with van der Waals surface area (Å²) in [5, 5.41) is 20.3. The number of allylic oxidation sites excluding steroid dienone is 1. The van der Waals surface area contributed by atoms with Gasteiger partial charge in [0.2, 0.25) is 0 Å². The van der Waals surface area contributed by atoms with Gasteiger partial charge in [0.25, 0.3) is 8.53 Å². The van der Waals surface area contributed by atoms with E-state index in [0.717, 1.165) is 33.8 Å². The van der Waals surface area contributed by atoms with Crippen molar-refractivity contribution in [2.45, 2.75) is 84.4 Å². The molecule has 1 aliphatic heterocycles. The lowest BCUT2D eigenvalue weighted by atomic mass is 10.1. The third-order valence-corrected chi connectivity index (χ3v) is 9.00. The molecule has 0 N–H and O–H groups in total. The molecule has 3 aromatic rings. The van der Waals surface area contributed by atoms with Gasteiger partial charge in [0.05, 0.1) is 48.4 Å². The maximum atomic E-state index is 9.06. The van der Waals surface area contributed by atoms with Crippen LogP contribution in [-0.4, -0.2) is 40.1 Å². The molecule has 0 radical (unpaired) electrons. The van der Waals surface area contributed by atoms with E-state index in [4.69, 9.17) is 24.3 Å². The lowest BCUT2D eigenvalue weighted by Crippen LogP contribution is -2.35. The van der Waals surface area contributed by atoms with Gasteiger partial charge in [-0.3, -0.25) is 0 Å².